The predicted octanol–water partition coefficient (Wildman–Crippen LogP) is -0.338. The highest BCUT2D eigenvalue weighted by atomic mass is 16.3. The molecule has 10 heteroatoms. The van der Waals surface area contributed by atoms with Crippen LogP contribution < -0.4 is 11.5 Å². The van der Waals surface area contributed by atoms with Crippen molar-refractivity contribution in [2.45, 2.75) is 12.6 Å². The summed E-state index contributed by atoms with van der Waals surface area (Å²) in [4.78, 5) is 14.4. The van der Waals surface area contributed by atoms with Gasteiger partial charge in [-0.3, -0.25) is 0 Å². The molecule has 2 aromatic rings. The minimum atomic E-state index is -0.837. The summed E-state index contributed by atoms with van der Waals surface area (Å²) < 4.78 is 1.57. The van der Waals surface area contributed by atoms with E-state index in [0.717, 1.165) is 0 Å². The minimum Gasteiger partial charge on any atom is -0.391 e. The van der Waals surface area contributed by atoms with Crippen molar-refractivity contribution in [3.05, 3.63) is 16.8 Å². The first-order valence-corrected chi connectivity index (χ1v) is 5.04. The first-order chi connectivity index (χ1) is 8.61. The number of azide groups is 1. The first-order valence-electron chi connectivity index (χ1n) is 5.04. The van der Waals surface area contributed by atoms with Crippen LogP contribution in [0.1, 0.15) is 0 Å². The molecule has 18 heavy (non-hydrogen) atoms. The third-order valence-corrected chi connectivity index (χ3v) is 2.27. The van der Waals surface area contributed by atoms with E-state index in [1.54, 1.807) is 4.57 Å². The highest BCUT2D eigenvalue weighted by Gasteiger charge is 2.12. The van der Waals surface area contributed by atoms with Gasteiger partial charge >= 0.3 is 0 Å². The van der Waals surface area contributed by atoms with Crippen LogP contribution >= 0.6 is 0 Å². The van der Waals surface area contributed by atoms with E-state index < -0.39 is 6.10 Å². The lowest BCUT2D eigenvalue weighted by molar-refractivity contribution is 0.163. The summed E-state index contributed by atoms with van der Waals surface area (Å²) in [5.41, 5.74) is 20.1. The number of aliphatic hydroxyl groups is 1. The van der Waals surface area contributed by atoms with Gasteiger partial charge in [0.25, 0.3) is 0 Å². The van der Waals surface area contributed by atoms with Crippen molar-refractivity contribution in [1.82, 2.24) is 19.5 Å². The number of imidazole rings is 1. The van der Waals surface area contributed by atoms with Gasteiger partial charge < -0.3 is 21.1 Å². The van der Waals surface area contributed by atoms with Crippen molar-refractivity contribution >= 4 is 22.9 Å². The van der Waals surface area contributed by atoms with E-state index in [0.29, 0.717) is 11.2 Å². The minimum absolute atomic E-state index is 0.0336. The van der Waals surface area contributed by atoms with Crippen LogP contribution in [0.2, 0.25) is 0 Å². The SMILES string of the molecule is [N-]=[N+]=NCC(O)Cn1cnc2c(N)nc(N)nc21. The molecule has 0 aliphatic carbocycles. The molecule has 2 heterocycles. The topological polar surface area (TPSA) is 165 Å². The van der Waals surface area contributed by atoms with E-state index >= 15 is 0 Å². The predicted molar refractivity (Wildman–Crippen MR) is 64.2 cm³/mol. The maximum atomic E-state index is 9.63. The monoisotopic (exact) mass is 249 g/mol. The van der Waals surface area contributed by atoms with Crippen LogP contribution in [0, 0.1) is 0 Å². The van der Waals surface area contributed by atoms with E-state index in [4.69, 9.17) is 17.0 Å². The fraction of sp³-hybridized carbons (Fsp3) is 0.375. The second-order valence-corrected chi connectivity index (χ2v) is 3.60. The zero-order chi connectivity index (χ0) is 13.1. The van der Waals surface area contributed by atoms with Crippen molar-refractivity contribution in [2.24, 2.45) is 5.11 Å². The average Bonchev–Trinajstić information content (AvgIpc) is 2.70. The molecule has 0 aliphatic rings. The molecule has 0 aromatic carbocycles. The molecule has 0 aliphatic heterocycles. The smallest absolute Gasteiger partial charge is 0.224 e. The lowest BCUT2D eigenvalue weighted by Gasteiger charge is -2.08. The van der Waals surface area contributed by atoms with E-state index in [-0.39, 0.29) is 24.9 Å². The highest BCUT2D eigenvalue weighted by molar-refractivity contribution is 5.82. The van der Waals surface area contributed by atoms with Crippen LogP contribution in [-0.4, -0.2) is 37.3 Å². The third kappa shape index (κ3) is 2.24. The molecule has 0 bridgehead atoms. The van der Waals surface area contributed by atoms with Crippen molar-refractivity contribution in [1.29, 1.82) is 0 Å². The van der Waals surface area contributed by atoms with Gasteiger partial charge in [0.05, 0.1) is 25.5 Å². The number of anilines is 2. The van der Waals surface area contributed by atoms with Gasteiger partial charge in [-0.1, -0.05) is 5.11 Å². The number of aliphatic hydroxyl groups excluding tert-OH is 1. The molecular weight excluding hydrogens is 238 g/mol. The number of fused-ring (bicyclic) bond motifs is 1. The Morgan fingerprint density at radius 3 is 3.00 bits per heavy atom. The van der Waals surface area contributed by atoms with Gasteiger partial charge in [-0.15, -0.1) is 0 Å². The van der Waals surface area contributed by atoms with E-state index in [1.807, 2.05) is 0 Å². The van der Waals surface area contributed by atoms with E-state index in [1.165, 1.54) is 6.33 Å². The zero-order valence-electron chi connectivity index (χ0n) is 9.30. The largest absolute Gasteiger partial charge is 0.391 e. The highest BCUT2D eigenvalue weighted by Crippen LogP contribution is 2.17. The number of nitrogens with zero attached hydrogens (tertiary/aromatic N) is 7. The van der Waals surface area contributed by atoms with Gasteiger partial charge in [0.1, 0.15) is 5.52 Å². The van der Waals surface area contributed by atoms with Crippen LogP contribution in [0.15, 0.2) is 11.4 Å². The lowest BCUT2D eigenvalue weighted by Crippen LogP contribution is -2.18. The average molecular weight is 249 g/mol. The Hall–Kier alpha value is -2.58. The molecule has 0 radical (unpaired) electrons. The van der Waals surface area contributed by atoms with Crippen LogP contribution in [0.3, 0.4) is 0 Å². The molecule has 0 spiro atoms. The number of nitrogen functional groups attached to an aromatic ring is 2. The second-order valence-electron chi connectivity index (χ2n) is 3.60. The molecule has 5 N–H and O–H groups in total. The van der Waals surface area contributed by atoms with Crippen LogP contribution in [0.25, 0.3) is 21.6 Å². The maximum absolute atomic E-state index is 9.63. The third-order valence-electron chi connectivity index (χ3n) is 2.27. The zero-order valence-corrected chi connectivity index (χ0v) is 9.30. The summed E-state index contributed by atoms with van der Waals surface area (Å²) >= 11 is 0. The Kier molecular flexibility index (Phi) is 3.13. The fourth-order valence-electron chi connectivity index (χ4n) is 1.53. The van der Waals surface area contributed by atoms with E-state index in [9.17, 15) is 5.11 Å². The summed E-state index contributed by atoms with van der Waals surface area (Å²) in [7, 11) is 0. The molecule has 0 fully saturated rings. The molecule has 10 nitrogen and oxygen atoms in total. The molecular formula is C8H11N9O. The Balaban J connectivity index is 2.31. The number of aromatic nitrogens is 4. The van der Waals surface area contributed by atoms with Crippen LogP contribution in [0.4, 0.5) is 11.8 Å². The van der Waals surface area contributed by atoms with Gasteiger partial charge in [0.2, 0.25) is 5.95 Å². The number of hydrogen-bond acceptors (Lipinski definition) is 7. The fourth-order valence-corrected chi connectivity index (χ4v) is 1.53. The summed E-state index contributed by atoms with van der Waals surface area (Å²) in [5, 5.41) is 12.9. The van der Waals surface area contributed by atoms with Crippen LogP contribution in [-0.2, 0) is 6.54 Å². The number of hydrogen-bond donors (Lipinski definition) is 3. The molecule has 1 unspecified atom stereocenters. The number of nitrogens with two attached hydrogens (primary N) is 2. The van der Waals surface area contributed by atoms with Gasteiger partial charge in [-0.05, 0) is 5.53 Å². The Morgan fingerprint density at radius 2 is 2.28 bits per heavy atom. The number of rotatable bonds is 4. The first kappa shape index (κ1) is 11.9. The molecule has 2 rings (SSSR count). The molecule has 2 aromatic heterocycles. The summed E-state index contributed by atoms with van der Waals surface area (Å²) in [6.07, 6.45) is 0.629. The summed E-state index contributed by atoms with van der Waals surface area (Å²) in [6, 6.07) is 0. The van der Waals surface area contributed by atoms with Crippen molar-refractivity contribution < 1.29 is 5.11 Å². The van der Waals surface area contributed by atoms with Gasteiger partial charge in [-0.25, -0.2) is 4.98 Å². The molecule has 1 atom stereocenters. The van der Waals surface area contributed by atoms with Crippen LogP contribution in [0.5, 0.6) is 0 Å². The normalized spacial score (nSPS) is 12.3. The van der Waals surface area contributed by atoms with Crippen molar-refractivity contribution in [3.8, 4) is 0 Å². The summed E-state index contributed by atoms with van der Waals surface area (Å²) in [5.74, 6) is 0.215. The lowest BCUT2D eigenvalue weighted by atomic mass is 10.3. The Bertz CT molecular complexity index is 614. The van der Waals surface area contributed by atoms with Gasteiger partial charge in [0, 0.05) is 4.91 Å². The van der Waals surface area contributed by atoms with Crippen molar-refractivity contribution in [3.63, 3.8) is 0 Å². The van der Waals surface area contributed by atoms with Gasteiger partial charge in [0.15, 0.2) is 11.5 Å². The standard InChI is InChI=1S/C8H11N9O/c9-6-5-7(15-8(10)14-6)17(3-12-5)2-4(18)1-13-16-11/h3-4,18H,1-2H2,(H4,9,10,14,15). The quantitative estimate of drug-likeness (QED) is 0.381. The second kappa shape index (κ2) is 4.73. The van der Waals surface area contributed by atoms with Crippen molar-refractivity contribution in [2.75, 3.05) is 18.0 Å². The maximum Gasteiger partial charge on any atom is 0.224 e. The Labute approximate surface area is 101 Å². The van der Waals surface area contributed by atoms with E-state index in [2.05, 4.69) is 25.0 Å². The molecule has 0 amide bonds. The summed E-state index contributed by atoms with van der Waals surface area (Å²) in [6.45, 7) is 0.137. The molecule has 94 valence electrons. The Morgan fingerprint density at radius 1 is 1.50 bits per heavy atom. The molecule has 0 saturated carbocycles. The van der Waals surface area contributed by atoms with Gasteiger partial charge in [-0.2, -0.15) is 9.97 Å². The molecule has 0 saturated heterocycles.